The Hall–Kier alpha value is -1.51. The number of para-hydroxylation sites is 1. The molecule has 0 saturated carbocycles. The van der Waals surface area contributed by atoms with Crippen LogP contribution in [0.2, 0.25) is 0 Å². The Bertz CT molecular complexity index is 376. The average molecular weight is 234 g/mol. The maximum atomic E-state index is 7.26. The summed E-state index contributed by atoms with van der Waals surface area (Å²) in [5, 5.41) is 7.26. The van der Waals surface area contributed by atoms with E-state index in [0.29, 0.717) is 12.3 Å². The molecular weight excluding hydrogens is 212 g/mol. The predicted molar refractivity (Wildman–Crippen MR) is 71.8 cm³/mol. The summed E-state index contributed by atoms with van der Waals surface area (Å²) in [7, 11) is 0. The van der Waals surface area contributed by atoms with Gasteiger partial charge in [-0.05, 0) is 30.9 Å². The molecule has 1 aromatic carbocycles. The third-order valence-electron chi connectivity index (χ3n) is 2.90. The lowest BCUT2D eigenvalue weighted by Crippen LogP contribution is -2.22. The molecule has 1 rings (SSSR count). The van der Waals surface area contributed by atoms with Crippen LogP contribution in [0.1, 0.15) is 45.1 Å². The fraction of sp³-hybridized carbons (Fsp3) is 0.500. The summed E-state index contributed by atoms with van der Waals surface area (Å²) in [5.74, 6) is 1.56. The fourth-order valence-electron chi connectivity index (χ4n) is 1.78. The Morgan fingerprint density at radius 1 is 1.35 bits per heavy atom. The zero-order valence-electron chi connectivity index (χ0n) is 10.9. The summed E-state index contributed by atoms with van der Waals surface area (Å²) in [6.07, 6.45) is 1.49. The van der Waals surface area contributed by atoms with Crippen molar-refractivity contribution in [2.75, 3.05) is 0 Å². The standard InChI is InChI=1S/C14H22N2O/c1-4-10(2)12-7-5-6-8-13(12)17-11(3)9-14(15)16/h5-8,10-11H,4,9H2,1-3H3,(H3,15,16). The van der Waals surface area contributed by atoms with Crippen LogP contribution in [-0.2, 0) is 0 Å². The molecule has 0 aromatic heterocycles. The van der Waals surface area contributed by atoms with Gasteiger partial charge < -0.3 is 10.5 Å². The first kappa shape index (κ1) is 13.6. The third kappa shape index (κ3) is 4.10. The van der Waals surface area contributed by atoms with Gasteiger partial charge in [-0.3, -0.25) is 5.41 Å². The highest BCUT2D eigenvalue weighted by molar-refractivity contribution is 5.77. The van der Waals surface area contributed by atoms with Gasteiger partial charge in [0.05, 0.1) is 5.84 Å². The molecular formula is C14H22N2O. The lowest BCUT2D eigenvalue weighted by atomic mass is 9.98. The van der Waals surface area contributed by atoms with Crippen LogP contribution >= 0.6 is 0 Å². The summed E-state index contributed by atoms with van der Waals surface area (Å²) in [5.41, 5.74) is 6.60. The zero-order chi connectivity index (χ0) is 12.8. The smallest absolute Gasteiger partial charge is 0.123 e. The molecule has 3 heteroatoms. The van der Waals surface area contributed by atoms with E-state index in [1.165, 1.54) is 5.56 Å². The Labute approximate surface area is 103 Å². The van der Waals surface area contributed by atoms with Gasteiger partial charge >= 0.3 is 0 Å². The second-order valence-corrected chi connectivity index (χ2v) is 4.50. The average Bonchev–Trinajstić information content (AvgIpc) is 2.27. The van der Waals surface area contributed by atoms with E-state index in [9.17, 15) is 0 Å². The van der Waals surface area contributed by atoms with E-state index < -0.39 is 0 Å². The number of benzene rings is 1. The van der Waals surface area contributed by atoms with E-state index in [0.717, 1.165) is 12.2 Å². The van der Waals surface area contributed by atoms with Gasteiger partial charge in [-0.15, -0.1) is 0 Å². The number of nitrogens with two attached hydrogens (primary N) is 1. The van der Waals surface area contributed by atoms with Crippen molar-refractivity contribution >= 4 is 5.84 Å². The van der Waals surface area contributed by atoms with E-state index in [1.807, 2.05) is 25.1 Å². The molecule has 0 fully saturated rings. The first-order valence-corrected chi connectivity index (χ1v) is 6.13. The van der Waals surface area contributed by atoms with Crippen molar-refractivity contribution in [1.82, 2.24) is 0 Å². The van der Waals surface area contributed by atoms with E-state index in [2.05, 4.69) is 19.9 Å². The number of nitrogens with one attached hydrogen (secondary N) is 1. The van der Waals surface area contributed by atoms with Crippen LogP contribution in [0.15, 0.2) is 24.3 Å². The Kier molecular flexibility index (Phi) is 5.01. The van der Waals surface area contributed by atoms with Gasteiger partial charge in [0.1, 0.15) is 11.9 Å². The van der Waals surface area contributed by atoms with Gasteiger partial charge in [-0.2, -0.15) is 0 Å². The summed E-state index contributed by atoms with van der Waals surface area (Å²) < 4.78 is 5.86. The van der Waals surface area contributed by atoms with Gasteiger partial charge in [0.15, 0.2) is 0 Å². The van der Waals surface area contributed by atoms with E-state index in [4.69, 9.17) is 15.9 Å². The normalized spacial score (nSPS) is 14.1. The van der Waals surface area contributed by atoms with Gasteiger partial charge in [0.25, 0.3) is 0 Å². The largest absolute Gasteiger partial charge is 0.490 e. The first-order valence-electron chi connectivity index (χ1n) is 6.13. The lowest BCUT2D eigenvalue weighted by Gasteiger charge is -2.19. The van der Waals surface area contributed by atoms with Gasteiger partial charge in [0.2, 0.25) is 0 Å². The second kappa shape index (κ2) is 6.28. The summed E-state index contributed by atoms with van der Waals surface area (Å²) in [6.45, 7) is 6.30. The molecule has 0 bridgehead atoms. The SMILES string of the molecule is CCC(C)c1ccccc1OC(C)CC(=N)N. The molecule has 2 unspecified atom stereocenters. The number of amidine groups is 1. The molecule has 2 atom stereocenters. The van der Waals surface area contributed by atoms with Crippen molar-refractivity contribution in [2.45, 2.75) is 45.6 Å². The summed E-state index contributed by atoms with van der Waals surface area (Å²) in [4.78, 5) is 0. The van der Waals surface area contributed by atoms with Gasteiger partial charge in [-0.1, -0.05) is 32.0 Å². The van der Waals surface area contributed by atoms with Crippen LogP contribution in [-0.4, -0.2) is 11.9 Å². The molecule has 0 aliphatic heterocycles. The van der Waals surface area contributed by atoms with E-state index >= 15 is 0 Å². The van der Waals surface area contributed by atoms with E-state index in [-0.39, 0.29) is 11.9 Å². The van der Waals surface area contributed by atoms with Crippen molar-refractivity contribution in [1.29, 1.82) is 5.41 Å². The van der Waals surface area contributed by atoms with Crippen LogP contribution in [0.5, 0.6) is 5.75 Å². The highest BCUT2D eigenvalue weighted by atomic mass is 16.5. The minimum absolute atomic E-state index is 0.0577. The Morgan fingerprint density at radius 3 is 2.59 bits per heavy atom. The molecule has 0 saturated heterocycles. The quantitative estimate of drug-likeness (QED) is 0.586. The maximum absolute atomic E-state index is 7.26. The molecule has 3 N–H and O–H groups in total. The predicted octanol–water partition coefficient (Wildman–Crippen LogP) is 3.29. The molecule has 17 heavy (non-hydrogen) atoms. The highest BCUT2D eigenvalue weighted by Crippen LogP contribution is 2.29. The Morgan fingerprint density at radius 2 is 2.00 bits per heavy atom. The van der Waals surface area contributed by atoms with Crippen molar-refractivity contribution in [3.63, 3.8) is 0 Å². The van der Waals surface area contributed by atoms with Crippen LogP contribution in [0.4, 0.5) is 0 Å². The Balaban J connectivity index is 2.79. The maximum Gasteiger partial charge on any atom is 0.123 e. The first-order chi connectivity index (χ1) is 8.04. The minimum Gasteiger partial charge on any atom is -0.490 e. The highest BCUT2D eigenvalue weighted by Gasteiger charge is 2.12. The van der Waals surface area contributed by atoms with Crippen LogP contribution in [0, 0.1) is 5.41 Å². The number of hydrogen-bond acceptors (Lipinski definition) is 2. The molecule has 1 aromatic rings. The second-order valence-electron chi connectivity index (χ2n) is 4.50. The van der Waals surface area contributed by atoms with Crippen molar-refractivity contribution < 1.29 is 4.74 Å². The molecule has 0 aliphatic rings. The molecule has 0 amide bonds. The molecule has 0 radical (unpaired) electrons. The molecule has 94 valence electrons. The number of rotatable bonds is 6. The van der Waals surface area contributed by atoms with Crippen LogP contribution < -0.4 is 10.5 Å². The van der Waals surface area contributed by atoms with Crippen molar-refractivity contribution in [2.24, 2.45) is 5.73 Å². The van der Waals surface area contributed by atoms with Crippen molar-refractivity contribution in [3.8, 4) is 5.75 Å². The molecule has 0 spiro atoms. The summed E-state index contributed by atoms with van der Waals surface area (Å²) in [6, 6.07) is 8.09. The van der Waals surface area contributed by atoms with E-state index in [1.54, 1.807) is 0 Å². The molecule has 3 nitrogen and oxygen atoms in total. The lowest BCUT2D eigenvalue weighted by molar-refractivity contribution is 0.226. The number of hydrogen-bond donors (Lipinski definition) is 2. The number of ether oxygens (including phenoxy) is 1. The molecule has 0 aliphatic carbocycles. The molecule has 0 heterocycles. The minimum atomic E-state index is -0.0577. The fourth-order valence-corrected chi connectivity index (χ4v) is 1.78. The van der Waals surface area contributed by atoms with Crippen LogP contribution in [0.3, 0.4) is 0 Å². The topological polar surface area (TPSA) is 59.1 Å². The third-order valence-corrected chi connectivity index (χ3v) is 2.90. The van der Waals surface area contributed by atoms with Crippen LogP contribution in [0.25, 0.3) is 0 Å². The van der Waals surface area contributed by atoms with Gasteiger partial charge in [-0.25, -0.2) is 0 Å². The monoisotopic (exact) mass is 234 g/mol. The van der Waals surface area contributed by atoms with Gasteiger partial charge in [0, 0.05) is 6.42 Å². The van der Waals surface area contributed by atoms with Crippen molar-refractivity contribution in [3.05, 3.63) is 29.8 Å². The zero-order valence-corrected chi connectivity index (χ0v) is 10.9. The summed E-state index contributed by atoms with van der Waals surface area (Å²) >= 11 is 0.